The number of aromatic nitrogens is 1. The standard InChI is InChI=1S/C22H22N2O2/c1-15(21-13-16-7-2-5-11-20(16)26-21)24-22(25)12-6-8-17-14-23-19-10-4-3-9-18(17)19/h2-5,7,9-11,13-15,23H,6,8,12H2,1H3,(H,24,25). The predicted octanol–water partition coefficient (Wildman–Crippen LogP) is 5.11. The predicted molar refractivity (Wildman–Crippen MR) is 104 cm³/mol. The first-order valence-corrected chi connectivity index (χ1v) is 9.03. The monoisotopic (exact) mass is 346 g/mol. The summed E-state index contributed by atoms with van der Waals surface area (Å²) in [6.07, 6.45) is 4.25. The first-order chi connectivity index (χ1) is 12.7. The number of aromatic amines is 1. The van der Waals surface area contributed by atoms with Crippen LogP contribution in [-0.2, 0) is 11.2 Å². The third-order valence-electron chi connectivity index (χ3n) is 4.77. The van der Waals surface area contributed by atoms with Gasteiger partial charge in [-0.1, -0.05) is 36.4 Å². The lowest BCUT2D eigenvalue weighted by Crippen LogP contribution is -2.26. The Bertz CT molecular complexity index is 1010. The molecule has 4 heteroatoms. The van der Waals surface area contributed by atoms with Crippen LogP contribution in [-0.4, -0.2) is 10.9 Å². The van der Waals surface area contributed by atoms with Crippen molar-refractivity contribution in [1.29, 1.82) is 0 Å². The minimum absolute atomic E-state index is 0.0535. The van der Waals surface area contributed by atoms with Gasteiger partial charge in [0, 0.05) is 28.9 Å². The Labute approximate surface area is 152 Å². The van der Waals surface area contributed by atoms with Crippen LogP contribution in [0.25, 0.3) is 21.9 Å². The zero-order valence-corrected chi connectivity index (χ0v) is 14.8. The molecule has 0 saturated heterocycles. The van der Waals surface area contributed by atoms with E-state index < -0.39 is 0 Å². The van der Waals surface area contributed by atoms with Crippen molar-refractivity contribution in [2.45, 2.75) is 32.2 Å². The first-order valence-electron chi connectivity index (χ1n) is 9.03. The van der Waals surface area contributed by atoms with Crippen molar-refractivity contribution in [1.82, 2.24) is 10.3 Å². The van der Waals surface area contributed by atoms with Gasteiger partial charge in [0.1, 0.15) is 11.3 Å². The molecule has 4 nitrogen and oxygen atoms in total. The summed E-state index contributed by atoms with van der Waals surface area (Å²) in [5.74, 6) is 0.842. The van der Waals surface area contributed by atoms with Gasteiger partial charge in [0.15, 0.2) is 0 Å². The third kappa shape index (κ3) is 3.36. The Hall–Kier alpha value is -3.01. The molecule has 4 rings (SSSR count). The van der Waals surface area contributed by atoms with Crippen molar-refractivity contribution in [2.75, 3.05) is 0 Å². The number of amides is 1. The number of para-hydroxylation sites is 2. The maximum atomic E-state index is 12.3. The highest BCUT2D eigenvalue weighted by atomic mass is 16.3. The van der Waals surface area contributed by atoms with E-state index >= 15 is 0 Å². The second-order valence-electron chi connectivity index (χ2n) is 6.69. The molecule has 26 heavy (non-hydrogen) atoms. The van der Waals surface area contributed by atoms with Crippen molar-refractivity contribution in [3.63, 3.8) is 0 Å². The van der Waals surface area contributed by atoms with Gasteiger partial charge in [-0.2, -0.15) is 0 Å². The Morgan fingerprint density at radius 3 is 2.85 bits per heavy atom. The largest absolute Gasteiger partial charge is 0.459 e. The summed E-state index contributed by atoms with van der Waals surface area (Å²) in [6, 6.07) is 18.0. The van der Waals surface area contributed by atoms with E-state index in [1.807, 2.05) is 55.6 Å². The van der Waals surface area contributed by atoms with Crippen LogP contribution < -0.4 is 5.32 Å². The van der Waals surface area contributed by atoms with E-state index in [-0.39, 0.29) is 11.9 Å². The Morgan fingerprint density at radius 2 is 1.96 bits per heavy atom. The molecule has 2 aromatic heterocycles. The highest BCUT2D eigenvalue weighted by molar-refractivity contribution is 5.83. The van der Waals surface area contributed by atoms with Crippen molar-refractivity contribution in [2.24, 2.45) is 0 Å². The number of furan rings is 1. The lowest BCUT2D eigenvalue weighted by atomic mass is 10.1. The van der Waals surface area contributed by atoms with Crippen LogP contribution >= 0.6 is 0 Å². The van der Waals surface area contributed by atoms with Gasteiger partial charge in [-0.15, -0.1) is 0 Å². The number of fused-ring (bicyclic) bond motifs is 2. The number of benzene rings is 2. The number of hydrogen-bond acceptors (Lipinski definition) is 2. The van der Waals surface area contributed by atoms with Crippen LogP contribution in [0.4, 0.5) is 0 Å². The van der Waals surface area contributed by atoms with Gasteiger partial charge in [-0.05, 0) is 43.5 Å². The number of aryl methyl sites for hydroxylation is 1. The second kappa shape index (κ2) is 7.08. The summed E-state index contributed by atoms with van der Waals surface area (Å²) < 4.78 is 5.82. The SMILES string of the molecule is CC(NC(=O)CCCc1c[nH]c2ccccc12)c1cc2ccccc2o1. The topological polar surface area (TPSA) is 58.0 Å². The molecule has 0 saturated carbocycles. The molecule has 1 atom stereocenters. The summed E-state index contributed by atoms with van der Waals surface area (Å²) in [7, 11) is 0. The summed E-state index contributed by atoms with van der Waals surface area (Å²) in [5, 5.41) is 5.33. The Kier molecular flexibility index (Phi) is 4.48. The van der Waals surface area contributed by atoms with Crippen LogP contribution in [0, 0.1) is 0 Å². The van der Waals surface area contributed by atoms with Crippen LogP contribution in [0.3, 0.4) is 0 Å². The average molecular weight is 346 g/mol. The zero-order valence-electron chi connectivity index (χ0n) is 14.8. The van der Waals surface area contributed by atoms with Crippen molar-refractivity contribution < 1.29 is 9.21 Å². The number of carbonyl (C=O) groups excluding carboxylic acids is 1. The maximum Gasteiger partial charge on any atom is 0.220 e. The molecular formula is C22H22N2O2. The first kappa shape index (κ1) is 16.5. The van der Waals surface area contributed by atoms with Crippen molar-refractivity contribution in [3.05, 3.63) is 72.1 Å². The molecule has 0 aliphatic rings. The number of hydrogen-bond donors (Lipinski definition) is 2. The van der Waals surface area contributed by atoms with Crippen LogP contribution in [0.2, 0.25) is 0 Å². The van der Waals surface area contributed by atoms with E-state index in [2.05, 4.69) is 22.4 Å². The minimum Gasteiger partial charge on any atom is -0.459 e. The smallest absolute Gasteiger partial charge is 0.220 e. The molecule has 0 fully saturated rings. The molecule has 0 aliphatic carbocycles. The number of nitrogens with one attached hydrogen (secondary N) is 2. The van der Waals surface area contributed by atoms with Crippen molar-refractivity contribution in [3.8, 4) is 0 Å². The number of carbonyl (C=O) groups is 1. The molecule has 2 N–H and O–H groups in total. The molecule has 1 amide bonds. The lowest BCUT2D eigenvalue weighted by Gasteiger charge is -2.11. The highest BCUT2D eigenvalue weighted by Crippen LogP contribution is 2.24. The van der Waals surface area contributed by atoms with E-state index in [9.17, 15) is 4.79 Å². The van der Waals surface area contributed by atoms with Gasteiger partial charge >= 0.3 is 0 Å². The minimum atomic E-state index is -0.136. The molecule has 4 aromatic rings. The lowest BCUT2D eigenvalue weighted by molar-refractivity contribution is -0.121. The summed E-state index contributed by atoms with van der Waals surface area (Å²) >= 11 is 0. The van der Waals surface area contributed by atoms with Crippen LogP contribution in [0.5, 0.6) is 0 Å². The van der Waals surface area contributed by atoms with E-state index in [1.54, 1.807) is 0 Å². The maximum absolute atomic E-state index is 12.3. The molecule has 2 aromatic carbocycles. The van der Waals surface area contributed by atoms with Crippen LogP contribution in [0.1, 0.15) is 37.1 Å². The Balaban J connectivity index is 1.32. The van der Waals surface area contributed by atoms with Gasteiger partial charge < -0.3 is 14.7 Å². The number of H-pyrrole nitrogens is 1. The van der Waals surface area contributed by atoms with Crippen LogP contribution in [0.15, 0.2) is 65.2 Å². The normalized spacial score (nSPS) is 12.5. The molecular weight excluding hydrogens is 324 g/mol. The average Bonchev–Trinajstić information content (AvgIpc) is 3.26. The summed E-state index contributed by atoms with van der Waals surface area (Å²) in [6.45, 7) is 1.95. The molecule has 132 valence electrons. The molecule has 0 spiro atoms. The van der Waals surface area contributed by atoms with Gasteiger partial charge in [0.25, 0.3) is 0 Å². The molecule has 1 unspecified atom stereocenters. The van der Waals surface area contributed by atoms with Gasteiger partial charge in [0.2, 0.25) is 5.91 Å². The van der Waals surface area contributed by atoms with E-state index in [4.69, 9.17) is 4.42 Å². The van der Waals surface area contributed by atoms with Crippen molar-refractivity contribution >= 4 is 27.8 Å². The van der Waals surface area contributed by atoms with Gasteiger partial charge in [-0.25, -0.2) is 0 Å². The number of rotatable bonds is 6. The fraction of sp³-hybridized carbons (Fsp3) is 0.227. The fourth-order valence-corrected chi connectivity index (χ4v) is 3.38. The summed E-state index contributed by atoms with van der Waals surface area (Å²) in [5.41, 5.74) is 3.26. The van der Waals surface area contributed by atoms with Gasteiger partial charge in [0.05, 0.1) is 6.04 Å². The molecule has 0 radical (unpaired) electrons. The molecule has 0 aliphatic heterocycles. The molecule has 2 heterocycles. The van der Waals surface area contributed by atoms with E-state index in [1.165, 1.54) is 10.9 Å². The van der Waals surface area contributed by atoms with E-state index in [0.717, 1.165) is 35.1 Å². The highest BCUT2D eigenvalue weighted by Gasteiger charge is 2.14. The van der Waals surface area contributed by atoms with Gasteiger partial charge in [-0.3, -0.25) is 4.79 Å². The quantitative estimate of drug-likeness (QED) is 0.509. The second-order valence-corrected chi connectivity index (χ2v) is 6.69. The van der Waals surface area contributed by atoms with E-state index in [0.29, 0.717) is 6.42 Å². The Morgan fingerprint density at radius 1 is 1.15 bits per heavy atom. The zero-order chi connectivity index (χ0) is 17.9. The third-order valence-corrected chi connectivity index (χ3v) is 4.77. The molecule has 0 bridgehead atoms. The fourth-order valence-electron chi connectivity index (χ4n) is 3.38. The summed E-state index contributed by atoms with van der Waals surface area (Å²) in [4.78, 5) is 15.6.